The molecule has 4 rings (SSSR count). The van der Waals surface area contributed by atoms with Crippen LogP contribution in [0.4, 0.5) is 0 Å². The molecule has 0 N–H and O–H groups in total. The van der Waals surface area contributed by atoms with Crippen LogP contribution < -0.4 is 0 Å². The molecule has 0 unspecified atom stereocenters. The third-order valence-corrected chi connectivity index (χ3v) is 5.22. The van der Waals surface area contributed by atoms with Gasteiger partial charge in [0.05, 0.1) is 0 Å². The summed E-state index contributed by atoms with van der Waals surface area (Å²) in [6.07, 6.45) is 0. The molecule has 2 heteroatoms. The summed E-state index contributed by atoms with van der Waals surface area (Å²) >= 11 is 7.29. The van der Waals surface area contributed by atoms with Crippen molar-refractivity contribution in [2.75, 3.05) is 0 Å². The first kappa shape index (κ1) is 11.9. The highest BCUT2D eigenvalue weighted by Crippen LogP contribution is 2.50. The topological polar surface area (TPSA) is 0 Å². The molecular formula is C17H12Br2. The van der Waals surface area contributed by atoms with E-state index in [0.29, 0.717) is 0 Å². The maximum Gasteiger partial charge on any atom is 0.0184 e. The fraction of sp³-hybridized carbons (Fsp3) is 0.176. The van der Waals surface area contributed by atoms with Gasteiger partial charge in [0.15, 0.2) is 0 Å². The van der Waals surface area contributed by atoms with Gasteiger partial charge in [-0.1, -0.05) is 57.8 Å². The van der Waals surface area contributed by atoms with Crippen molar-refractivity contribution in [3.8, 4) is 0 Å². The molecule has 0 atom stereocenters. The number of rotatable bonds is 0. The molecule has 19 heavy (non-hydrogen) atoms. The van der Waals surface area contributed by atoms with Gasteiger partial charge in [0.1, 0.15) is 0 Å². The van der Waals surface area contributed by atoms with Crippen LogP contribution in [0.5, 0.6) is 0 Å². The molecule has 0 saturated carbocycles. The first-order valence-electron chi connectivity index (χ1n) is 6.35. The molecule has 1 aliphatic rings. The minimum atomic E-state index is 0.0632. The first-order chi connectivity index (χ1) is 8.98. The minimum Gasteiger partial charge on any atom is -0.0537 e. The van der Waals surface area contributed by atoms with Crippen LogP contribution in [0.25, 0.3) is 21.5 Å². The summed E-state index contributed by atoms with van der Waals surface area (Å²) < 4.78 is 2.32. The van der Waals surface area contributed by atoms with E-state index in [1.54, 1.807) is 0 Å². The second-order valence-electron chi connectivity index (χ2n) is 5.79. The van der Waals surface area contributed by atoms with Crippen LogP contribution in [0.2, 0.25) is 0 Å². The summed E-state index contributed by atoms with van der Waals surface area (Å²) in [5, 5.41) is 5.50. The minimum absolute atomic E-state index is 0.0632. The lowest BCUT2D eigenvalue weighted by Crippen LogP contribution is -2.15. The Morgan fingerprint density at radius 2 is 1.16 bits per heavy atom. The lowest BCUT2D eigenvalue weighted by molar-refractivity contribution is 0.662. The van der Waals surface area contributed by atoms with Gasteiger partial charge in [-0.25, -0.2) is 0 Å². The van der Waals surface area contributed by atoms with Gasteiger partial charge in [0.25, 0.3) is 0 Å². The van der Waals surface area contributed by atoms with Crippen LogP contribution in [0.1, 0.15) is 25.0 Å². The van der Waals surface area contributed by atoms with Crippen LogP contribution in [-0.4, -0.2) is 0 Å². The molecule has 0 spiro atoms. The van der Waals surface area contributed by atoms with Crippen LogP contribution in [-0.2, 0) is 5.41 Å². The molecule has 1 aliphatic carbocycles. The van der Waals surface area contributed by atoms with Crippen LogP contribution in [0, 0.1) is 0 Å². The maximum absolute atomic E-state index is 3.64. The third kappa shape index (κ3) is 1.45. The normalized spacial score (nSPS) is 15.8. The Hall–Kier alpha value is -0.860. The summed E-state index contributed by atoms with van der Waals surface area (Å²) in [7, 11) is 0. The molecule has 0 heterocycles. The lowest BCUT2D eigenvalue weighted by Gasteiger charge is -2.22. The molecular weight excluding hydrogens is 364 g/mol. The summed E-state index contributed by atoms with van der Waals surface area (Å²) in [6, 6.07) is 13.4. The zero-order valence-electron chi connectivity index (χ0n) is 10.7. The summed E-state index contributed by atoms with van der Waals surface area (Å²) in [6.45, 7) is 4.63. The molecule has 0 bridgehead atoms. The highest BCUT2D eigenvalue weighted by Gasteiger charge is 2.34. The number of hydrogen-bond acceptors (Lipinski definition) is 0. The lowest BCUT2D eigenvalue weighted by atomic mass is 9.82. The van der Waals surface area contributed by atoms with Crippen molar-refractivity contribution in [3.63, 3.8) is 0 Å². The van der Waals surface area contributed by atoms with E-state index >= 15 is 0 Å². The van der Waals surface area contributed by atoms with Crippen molar-refractivity contribution >= 4 is 53.4 Å². The van der Waals surface area contributed by atoms with Gasteiger partial charge in [-0.3, -0.25) is 0 Å². The summed E-state index contributed by atoms with van der Waals surface area (Å²) in [5.41, 5.74) is 2.92. The Morgan fingerprint density at radius 1 is 0.737 bits per heavy atom. The average molecular weight is 376 g/mol. The van der Waals surface area contributed by atoms with E-state index in [-0.39, 0.29) is 5.41 Å². The van der Waals surface area contributed by atoms with Crippen LogP contribution >= 0.6 is 31.9 Å². The molecule has 94 valence electrons. The van der Waals surface area contributed by atoms with Gasteiger partial charge in [-0.05, 0) is 56.9 Å². The van der Waals surface area contributed by atoms with Gasteiger partial charge in [0.2, 0.25) is 0 Å². The summed E-state index contributed by atoms with van der Waals surface area (Å²) in [4.78, 5) is 0. The maximum atomic E-state index is 3.64. The van der Waals surface area contributed by atoms with Gasteiger partial charge < -0.3 is 0 Å². The molecule has 0 saturated heterocycles. The number of benzene rings is 3. The molecule has 0 fully saturated rings. The van der Waals surface area contributed by atoms with Crippen molar-refractivity contribution in [3.05, 3.63) is 56.5 Å². The van der Waals surface area contributed by atoms with Crippen LogP contribution in [0.15, 0.2) is 45.3 Å². The van der Waals surface area contributed by atoms with Crippen molar-refractivity contribution in [1.82, 2.24) is 0 Å². The van der Waals surface area contributed by atoms with Crippen molar-refractivity contribution < 1.29 is 0 Å². The monoisotopic (exact) mass is 374 g/mol. The quantitative estimate of drug-likeness (QED) is 0.413. The Morgan fingerprint density at radius 3 is 1.58 bits per heavy atom. The van der Waals surface area contributed by atoms with E-state index in [1.165, 1.54) is 32.7 Å². The van der Waals surface area contributed by atoms with E-state index in [4.69, 9.17) is 0 Å². The smallest absolute Gasteiger partial charge is 0.0184 e. The molecule has 3 aromatic carbocycles. The molecule has 0 amide bonds. The third-order valence-electron chi connectivity index (χ3n) is 4.31. The fourth-order valence-corrected chi connectivity index (χ4v) is 4.34. The van der Waals surface area contributed by atoms with Gasteiger partial charge in [-0.15, -0.1) is 0 Å². The van der Waals surface area contributed by atoms with Gasteiger partial charge >= 0.3 is 0 Å². The van der Waals surface area contributed by atoms with Crippen molar-refractivity contribution in [1.29, 1.82) is 0 Å². The summed E-state index contributed by atoms with van der Waals surface area (Å²) in [5.74, 6) is 0. The SMILES string of the molecule is CC1(C)c2cc(Br)cc3ccc4cc(Br)cc1c4c23. The Balaban J connectivity index is 2.36. The first-order valence-corrected chi connectivity index (χ1v) is 7.93. The van der Waals surface area contributed by atoms with E-state index < -0.39 is 0 Å². The van der Waals surface area contributed by atoms with E-state index in [0.717, 1.165) is 8.95 Å². The highest BCUT2D eigenvalue weighted by molar-refractivity contribution is 9.10. The number of halogens is 2. The van der Waals surface area contributed by atoms with E-state index in [9.17, 15) is 0 Å². The number of hydrogen-bond donors (Lipinski definition) is 0. The molecule has 0 aliphatic heterocycles. The fourth-order valence-electron chi connectivity index (χ4n) is 3.39. The highest BCUT2D eigenvalue weighted by atomic mass is 79.9. The molecule has 0 radical (unpaired) electrons. The zero-order valence-corrected chi connectivity index (χ0v) is 13.9. The predicted octanol–water partition coefficient (Wildman–Crippen LogP) is 6.16. The second kappa shape index (κ2) is 3.62. The molecule has 0 aromatic heterocycles. The Kier molecular flexibility index (Phi) is 2.27. The van der Waals surface area contributed by atoms with Crippen LogP contribution in [0.3, 0.4) is 0 Å². The second-order valence-corrected chi connectivity index (χ2v) is 7.62. The van der Waals surface area contributed by atoms with Crippen molar-refractivity contribution in [2.24, 2.45) is 0 Å². The predicted molar refractivity (Wildman–Crippen MR) is 89.0 cm³/mol. The molecule has 3 aromatic rings. The Bertz CT molecular complexity index is 789. The van der Waals surface area contributed by atoms with Gasteiger partial charge in [-0.2, -0.15) is 0 Å². The zero-order chi connectivity index (χ0) is 13.4. The Labute approximate surface area is 129 Å². The van der Waals surface area contributed by atoms with E-state index in [2.05, 4.69) is 82.1 Å². The van der Waals surface area contributed by atoms with Gasteiger partial charge in [0, 0.05) is 14.4 Å². The average Bonchev–Trinajstić information content (AvgIpc) is 2.56. The largest absolute Gasteiger partial charge is 0.0537 e. The standard InChI is InChI=1S/C17H12Br2/c1-17(2)13-7-11(18)5-9-3-4-10-6-12(19)8-14(17)16(10)15(9)13/h3-8H,1-2H3. The van der Waals surface area contributed by atoms with E-state index in [1.807, 2.05) is 0 Å². The molecule has 0 nitrogen and oxygen atoms in total. The van der Waals surface area contributed by atoms with Crippen molar-refractivity contribution in [2.45, 2.75) is 19.3 Å².